The first-order chi connectivity index (χ1) is 38.2. The Kier molecular flexibility index (Phi) is 25.5. The van der Waals surface area contributed by atoms with E-state index < -0.39 is 150 Å². The van der Waals surface area contributed by atoms with Crippen molar-refractivity contribution in [1.29, 1.82) is 0 Å². The van der Waals surface area contributed by atoms with Gasteiger partial charge in [-0.25, -0.2) is 0 Å². The third-order valence-corrected chi connectivity index (χ3v) is 16.7. The van der Waals surface area contributed by atoms with E-state index in [-0.39, 0.29) is 75.5 Å². The molecule has 2 aromatic rings. The van der Waals surface area contributed by atoms with Gasteiger partial charge in [-0.2, -0.15) is 0 Å². The maximum absolute atomic E-state index is 14.9. The monoisotopic (exact) mass is 1170 g/mol. The van der Waals surface area contributed by atoms with Gasteiger partial charge in [0.05, 0.1) is 6.42 Å². The van der Waals surface area contributed by atoms with Gasteiger partial charge in [0.2, 0.25) is 65.0 Å². The largest absolute Gasteiger partial charge is 0.508 e. The Balaban J connectivity index is 1.77. The summed E-state index contributed by atoms with van der Waals surface area (Å²) in [5, 5.41) is 35.3. The van der Waals surface area contributed by atoms with Gasteiger partial charge in [-0.3, -0.25) is 57.7 Å². The zero-order chi connectivity index (χ0) is 60.1. The Bertz CT molecular complexity index is 2610. The van der Waals surface area contributed by atoms with Crippen molar-refractivity contribution in [3.05, 3.63) is 65.7 Å². The minimum atomic E-state index is -1.81. The quantitative estimate of drug-likeness (QED) is 0.0253. The van der Waals surface area contributed by atoms with Crippen LogP contribution in [0.25, 0.3) is 0 Å². The molecule has 2 aromatic carbocycles. The molecule has 0 aliphatic carbocycles. The Hall–Kier alpha value is -7.66. The van der Waals surface area contributed by atoms with Crippen LogP contribution < -0.4 is 60.6 Å². The highest BCUT2D eigenvalue weighted by molar-refractivity contribution is 8.77. The number of carbonyl (C=O) groups excluding carboxylic acids is 11. The zero-order valence-electron chi connectivity index (χ0n) is 45.7. The highest BCUT2D eigenvalue weighted by Gasteiger charge is 2.42. The number of hydrogen-bond acceptors (Lipinski definition) is 16. The van der Waals surface area contributed by atoms with Crippen LogP contribution in [-0.2, 0) is 65.6 Å². The van der Waals surface area contributed by atoms with Crippen molar-refractivity contribution in [2.24, 2.45) is 39.6 Å². The van der Waals surface area contributed by atoms with Crippen LogP contribution in [0.5, 0.6) is 5.75 Å². The van der Waals surface area contributed by atoms with Gasteiger partial charge >= 0.3 is 0 Å². The second-order valence-electron chi connectivity index (χ2n) is 20.6. The summed E-state index contributed by atoms with van der Waals surface area (Å²) in [5.41, 5.74) is 28.7. The van der Waals surface area contributed by atoms with Crippen molar-refractivity contribution < 1.29 is 63.0 Å². The molecule has 0 unspecified atom stereocenters. The molecule has 2 fully saturated rings. The number of rotatable bonds is 21. The predicted molar refractivity (Wildman–Crippen MR) is 301 cm³/mol. The number of guanidine groups is 1. The van der Waals surface area contributed by atoms with E-state index in [4.69, 9.17) is 28.7 Å². The third kappa shape index (κ3) is 21.1. The predicted octanol–water partition coefficient (Wildman–Crippen LogP) is -3.22. The van der Waals surface area contributed by atoms with Gasteiger partial charge in [0.15, 0.2) is 5.96 Å². The molecule has 444 valence electrons. The molecule has 2 aliphatic rings. The zero-order valence-corrected chi connectivity index (χ0v) is 47.4. The normalized spacial score (nSPS) is 22.5. The Morgan fingerprint density at radius 2 is 1.42 bits per heavy atom. The van der Waals surface area contributed by atoms with Crippen LogP contribution in [0.2, 0.25) is 0 Å². The number of nitrogens with two attached hydrogens (primary N) is 5. The van der Waals surface area contributed by atoms with Crippen molar-refractivity contribution in [1.82, 2.24) is 41.7 Å². The van der Waals surface area contributed by atoms with Gasteiger partial charge in [0, 0.05) is 68.8 Å². The van der Waals surface area contributed by atoms with Crippen molar-refractivity contribution in [2.75, 3.05) is 32.5 Å². The van der Waals surface area contributed by atoms with Gasteiger partial charge in [0.25, 0.3) is 0 Å². The minimum absolute atomic E-state index is 0.0145. The molecule has 0 saturated carbocycles. The smallest absolute Gasteiger partial charge is 0.246 e. The van der Waals surface area contributed by atoms with Crippen molar-refractivity contribution >= 4 is 92.5 Å². The number of amides is 11. The molecule has 81 heavy (non-hydrogen) atoms. The molecule has 0 bridgehead atoms. The van der Waals surface area contributed by atoms with E-state index in [1.54, 1.807) is 56.3 Å². The van der Waals surface area contributed by atoms with E-state index in [1.807, 2.05) is 0 Å². The van der Waals surface area contributed by atoms with E-state index >= 15 is 0 Å². The number of aliphatic hydroxyl groups excluding tert-OH is 1. The van der Waals surface area contributed by atoms with Crippen molar-refractivity contribution in [2.45, 2.75) is 138 Å². The number of carbonyl (C=O) groups is 11. The lowest BCUT2D eigenvalue weighted by molar-refractivity contribution is -0.142. The summed E-state index contributed by atoms with van der Waals surface area (Å²) < 4.78 is -0.957. The molecule has 2 heterocycles. The summed E-state index contributed by atoms with van der Waals surface area (Å²) in [4.78, 5) is 158. The fourth-order valence-electron chi connectivity index (χ4n) is 8.90. The summed E-state index contributed by atoms with van der Waals surface area (Å²) >= 11 is 0. The minimum Gasteiger partial charge on any atom is -0.508 e. The van der Waals surface area contributed by atoms with Gasteiger partial charge in [-0.05, 0) is 69.2 Å². The standard InChI is InChI=1S/C52H76N14O13S2/c1-28(26-67)42(43(55)72)64-45(74)32(12-8-20-58-51(56)57)60-48(77)37-13-9-21-66(37)50(79)36-27-80-81-52(2,3)25-41(71)65(4)38(23-30-14-16-31(68)17-15-30)49(78)62-34(22-29-10-6-5-7-11-29)46(75)59-33(18-19-39(53)69)44(73)61-35(24-40(54)70)47(76)63-36/h5-7,10-11,14-17,28,32-38,42,67-68H,8-9,12-13,18-27H2,1-4H3,(H2,53,69)(H2,54,70)(H2,55,72)(H,59,75)(H,60,77)(H,61,73)(H,62,78)(H,63,76)(H,64,74)(H4,56,57,58)/t28-,32-,33-,34+,35+,36+,37-,38-,42-/m0/s1. The van der Waals surface area contributed by atoms with Gasteiger partial charge < -0.3 is 80.6 Å². The fourth-order valence-corrected chi connectivity index (χ4v) is 11.6. The Morgan fingerprint density at radius 1 is 0.802 bits per heavy atom. The van der Waals surface area contributed by atoms with Crippen LogP contribution in [-0.4, -0.2) is 177 Å². The molecule has 2 saturated heterocycles. The van der Waals surface area contributed by atoms with Crippen LogP contribution in [0.3, 0.4) is 0 Å². The van der Waals surface area contributed by atoms with Gasteiger partial charge in [0.1, 0.15) is 54.1 Å². The maximum atomic E-state index is 14.9. The lowest BCUT2D eigenvalue weighted by atomic mass is 10.00. The highest BCUT2D eigenvalue weighted by Crippen LogP contribution is 2.39. The van der Waals surface area contributed by atoms with Crippen LogP contribution in [0.1, 0.15) is 83.3 Å². The molecule has 0 aromatic heterocycles. The van der Waals surface area contributed by atoms with Gasteiger partial charge in [-0.15, -0.1) is 0 Å². The first kappa shape index (κ1) is 65.9. The van der Waals surface area contributed by atoms with E-state index in [0.29, 0.717) is 11.1 Å². The molecule has 0 spiro atoms. The molecule has 27 nitrogen and oxygen atoms in total. The number of benzene rings is 2. The van der Waals surface area contributed by atoms with Gasteiger partial charge in [-0.1, -0.05) is 71.0 Å². The Labute approximate surface area is 476 Å². The summed E-state index contributed by atoms with van der Waals surface area (Å²) in [6.07, 6.45) is -1.65. The first-order valence-electron chi connectivity index (χ1n) is 26.2. The number of likely N-dealkylation sites (N-methyl/N-ethyl adjacent to an activating group) is 1. The second kappa shape index (κ2) is 31.4. The molecular formula is C52H76N14O13S2. The number of primary amides is 3. The third-order valence-electron chi connectivity index (χ3n) is 13.4. The second-order valence-corrected chi connectivity index (χ2v) is 23.6. The molecule has 9 atom stereocenters. The SMILES string of the molecule is C[C@@H](CO)[C@H](NC(=O)[C@H](CCCN=C(N)N)NC(=O)[C@@H]1CCCN1C(=O)[C@H]1CSSC(C)(C)CC(=O)N(C)[C@@H](Cc2ccc(O)cc2)C(=O)N[C@H](Cc2ccccc2)C(=O)N[C@@H](CCC(N)=O)C(=O)N[C@H](CC(N)=O)C(=O)N1)C(N)=O. The summed E-state index contributed by atoms with van der Waals surface area (Å²) in [6.45, 7) is 4.47. The van der Waals surface area contributed by atoms with E-state index in [0.717, 1.165) is 21.6 Å². The average Bonchev–Trinajstić information content (AvgIpc) is 3.96. The molecule has 4 rings (SSSR count). The van der Waals surface area contributed by atoms with E-state index in [9.17, 15) is 63.0 Å². The molecule has 29 heteroatoms. The number of phenols is 1. The number of phenolic OH excluding ortho intramolecular Hbond substituents is 1. The number of aliphatic hydroxyl groups is 1. The first-order valence-corrected chi connectivity index (χ1v) is 28.5. The summed E-state index contributed by atoms with van der Waals surface area (Å²) in [7, 11) is 3.65. The van der Waals surface area contributed by atoms with Crippen molar-refractivity contribution in [3.63, 3.8) is 0 Å². The molecule has 2 aliphatic heterocycles. The molecular weight excluding hydrogens is 1090 g/mol. The molecule has 0 radical (unpaired) electrons. The van der Waals surface area contributed by atoms with E-state index in [2.05, 4.69) is 36.9 Å². The fraction of sp³-hybridized carbons (Fsp3) is 0.538. The number of aliphatic imine (C=N–C) groups is 1. The number of hydrogen-bond donors (Lipinski definition) is 13. The topological polar surface area (TPSA) is 449 Å². The summed E-state index contributed by atoms with van der Waals surface area (Å²) in [6, 6.07) is 2.97. The molecule has 11 amide bonds. The number of nitrogens with one attached hydrogen (secondary N) is 6. The average molecular weight is 1170 g/mol. The number of nitrogens with zero attached hydrogens (tertiary/aromatic N) is 3. The Morgan fingerprint density at radius 3 is 2.04 bits per heavy atom. The highest BCUT2D eigenvalue weighted by atomic mass is 33.1. The lowest BCUT2D eigenvalue weighted by Crippen LogP contribution is -2.61. The van der Waals surface area contributed by atoms with Crippen molar-refractivity contribution in [3.8, 4) is 5.75 Å². The van der Waals surface area contributed by atoms with Crippen LogP contribution >= 0.6 is 21.6 Å². The maximum Gasteiger partial charge on any atom is 0.246 e. The van der Waals surface area contributed by atoms with Crippen LogP contribution in [0, 0.1) is 5.92 Å². The van der Waals surface area contributed by atoms with Crippen LogP contribution in [0.4, 0.5) is 0 Å². The lowest BCUT2D eigenvalue weighted by Gasteiger charge is -2.33. The van der Waals surface area contributed by atoms with E-state index in [1.165, 1.54) is 35.9 Å². The summed E-state index contributed by atoms with van der Waals surface area (Å²) in [5.74, 6) is -11.0. The van der Waals surface area contributed by atoms with Crippen LogP contribution in [0.15, 0.2) is 59.6 Å². The molecule has 18 N–H and O–H groups in total. The number of aromatic hydroxyl groups is 1. The number of likely N-dealkylation sites (tertiary alicyclic amines) is 1.